The van der Waals surface area contributed by atoms with E-state index < -0.39 is 0 Å². The van der Waals surface area contributed by atoms with Gasteiger partial charge in [0, 0.05) is 21.1 Å². The second-order valence-electron chi connectivity index (χ2n) is 5.25. The number of hydrogen-bond donors (Lipinski definition) is 0. The highest BCUT2D eigenvalue weighted by Gasteiger charge is 2.14. The number of hydrogen-bond acceptors (Lipinski definition) is 1. The van der Waals surface area contributed by atoms with Crippen LogP contribution in [0.1, 0.15) is 18.3 Å². The predicted octanol–water partition coefficient (Wildman–Crippen LogP) is 6.01. The Morgan fingerprint density at radius 3 is 2.24 bits per heavy atom. The first kappa shape index (κ1) is 14.0. The Balaban J connectivity index is 2.43. The molecule has 0 spiro atoms. The highest BCUT2D eigenvalue weighted by atomic mass is 79.9. The number of pyridine rings is 1. The monoisotopic (exact) mass is 337 g/mol. The maximum absolute atomic E-state index is 4.79. The number of allylic oxidation sites excluding steroid dienone is 1. The van der Waals surface area contributed by atoms with Crippen LogP contribution in [0.25, 0.3) is 27.5 Å². The third kappa shape index (κ3) is 2.52. The zero-order valence-corrected chi connectivity index (χ0v) is 13.7. The van der Waals surface area contributed by atoms with E-state index in [-0.39, 0.29) is 0 Å². The minimum Gasteiger partial charge on any atom is -0.252 e. The maximum Gasteiger partial charge on any atom is 0.0740 e. The van der Waals surface area contributed by atoms with Gasteiger partial charge in [-0.05, 0) is 42.5 Å². The minimum atomic E-state index is 0.980. The number of nitrogens with zero attached hydrogens (tertiary/aromatic N) is 1. The fourth-order valence-electron chi connectivity index (χ4n) is 2.65. The highest BCUT2D eigenvalue weighted by Crippen LogP contribution is 2.35. The van der Waals surface area contributed by atoms with Crippen molar-refractivity contribution in [1.82, 2.24) is 4.98 Å². The van der Waals surface area contributed by atoms with Crippen molar-refractivity contribution in [2.45, 2.75) is 13.8 Å². The minimum absolute atomic E-state index is 0.980. The molecule has 0 fully saturated rings. The lowest BCUT2D eigenvalue weighted by Gasteiger charge is -2.15. The van der Waals surface area contributed by atoms with Gasteiger partial charge in [0.25, 0.3) is 0 Å². The molecule has 0 radical (unpaired) electrons. The first-order chi connectivity index (χ1) is 10.1. The van der Waals surface area contributed by atoms with Gasteiger partial charge < -0.3 is 0 Å². The van der Waals surface area contributed by atoms with Crippen LogP contribution < -0.4 is 0 Å². The molecule has 0 saturated heterocycles. The first-order valence-corrected chi connectivity index (χ1v) is 7.68. The molecule has 0 bridgehead atoms. The van der Waals surface area contributed by atoms with Crippen molar-refractivity contribution < 1.29 is 0 Å². The molecular formula is C19H16BrN. The van der Waals surface area contributed by atoms with E-state index in [0.29, 0.717) is 0 Å². The lowest BCUT2D eigenvalue weighted by molar-refractivity contribution is 1.20. The molecule has 0 saturated carbocycles. The van der Waals surface area contributed by atoms with Gasteiger partial charge in [0.15, 0.2) is 0 Å². The predicted molar refractivity (Wildman–Crippen MR) is 94.3 cm³/mol. The number of benzene rings is 2. The molecule has 104 valence electrons. The van der Waals surface area contributed by atoms with E-state index >= 15 is 0 Å². The molecule has 0 unspecified atom stereocenters. The topological polar surface area (TPSA) is 12.9 Å². The summed E-state index contributed by atoms with van der Waals surface area (Å²) in [6, 6.07) is 16.8. The van der Waals surface area contributed by atoms with Gasteiger partial charge in [0.05, 0.1) is 5.69 Å². The maximum atomic E-state index is 4.79. The number of halogens is 1. The molecule has 3 aromatic rings. The summed E-state index contributed by atoms with van der Waals surface area (Å²) in [6.45, 7) is 8.17. The van der Waals surface area contributed by atoms with E-state index in [1.54, 1.807) is 0 Å². The molecule has 1 aromatic heterocycles. The van der Waals surface area contributed by atoms with E-state index in [1.165, 1.54) is 16.3 Å². The van der Waals surface area contributed by atoms with Crippen molar-refractivity contribution >= 4 is 32.3 Å². The molecule has 2 aromatic carbocycles. The van der Waals surface area contributed by atoms with Crippen LogP contribution in [0.4, 0.5) is 0 Å². The molecular weight excluding hydrogens is 322 g/mol. The van der Waals surface area contributed by atoms with E-state index in [1.807, 2.05) is 6.92 Å². The number of aryl methyl sites for hydroxylation is 1. The zero-order valence-electron chi connectivity index (χ0n) is 12.2. The average molecular weight is 338 g/mol. The van der Waals surface area contributed by atoms with Crippen LogP contribution in [0.15, 0.2) is 59.6 Å². The van der Waals surface area contributed by atoms with Crippen molar-refractivity contribution in [3.05, 3.63) is 71.0 Å². The third-order valence-electron chi connectivity index (χ3n) is 3.64. The molecule has 0 atom stereocenters. The van der Waals surface area contributed by atoms with Gasteiger partial charge in [-0.2, -0.15) is 0 Å². The molecule has 0 aliphatic heterocycles. The smallest absolute Gasteiger partial charge is 0.0740 e. The van der Waals surface area contributed by atoms with Crippen LogP contribution in [-0.4, -0.2) is 4.98 Å². The van der Waals surface area contributed by atoms with Crippen LogP contribution in [-0.2, 0) is 0 Å². The molecule has 0 N–H and O–H groups in total. The van der Waals surface area contributed by atoms with Crippen LogP contribution in [0.2, 0.25) is 0 Å². The normalized spacial score (nSPS) is 10.8. The quantitative estimate of drug-likeness (QED) is 0.558. The second kappa shape index (κ2) is 5.45. The zero-order chi connectivity index (χ0) is 15.0. The summed E-state index contributed by atoms with van der Waals surface area (Å²) in [5.41, 5.74) is 5.34. The molecule has 1 heterocycles. The lowest BCUT2D eigenvalue weighted by Crippen LogP contribution is -1.96. The molecule has 0 aliphatic carbocycles. The Kier molecular flexibility index (Phi) is 3.64. The summed E-state index contributed by atoms with van der Waals surface area (Å²) >= 11 is 3.49. The van der Waals surface area contributed by atoms with Gasteiger partial charge in [-0.25, -0.2) is 0 Å². The SMILES string of the molecule is C=C(C)c1nc(C)c2ccccc2c1-c1ccc(Br)cc1. The Hall–Kier alpha value is -1.93. The van der Waals surface area contributed by atoms with Gasteiger partial charge in [-0.15, -0.1) is 0 Å². The summed E-state index contributed by atoms with van der Waals surface area (Å²) in [4.78, 5) is 4.79. The van der Waals surface area contributed by atoms with E-state index in [2.05, 4.69) is 78.0 Å². The van der Waals surface area contributed by atoms with Crippen molar-refractivity contribution in [3.8, 4) is 11.1 Å². The first-order valence-electron chi connectivity index (χ1n) is 6.89. The van der Waals surface area contributed by atoms with Gasteiger partial charge in [0.1, 0.15) is 0 Å². The Bertz CT molecular complexity index is 832. The Labute approximate surface area is 133 Å². The van der Waals surface area contributed by atoms with E-state index in [9.17, 15) is 0 Å². The fraction of sp³-hybridized carbons (Fsp3) is 0.105. The van der Waals surface area contributed by atoms with Gasteiger partial charge in [0.2, 0.25) is 0 Å². The van der Waals surface area contributed by atoms with Crippen molar-refractivity contribution in [3.63, 3.8) is 0 Å². The molecule has 1 nitrogen and oxygen atoms in total. The largest absolute Gasteiger partial charge is 0.252 e. The van der Waals surface area contributed by atoms with Crippen molar-refractivity contribution in [2.75, 3.05) is 0 Å². The second-order valence-corrected chi connectivity index (χ2v) is 6.17. The van der Waals surface area contributed by atoms with E-state index in [4.69, 9.17) is 4.98 Å². The molecule has 0 amide bonds. The van der Waals surface area contributed by atoms with Gasteiger partial charge >= 0.3 is 0 Å². The summed E-state index contributed by atoms with van der Waals surface area (Å²) in [5, 5.41) is 2.42. The molecule has 21 heavy (non-hydrogen) atoms. The fourth-order valence-corrected chi connectivity index (χ4v) is 2.91. The van der Waals surface area contributed by atoms with Gasteiger partial charge in [-0.3, -0.25) is 4.98 Å². The van der Waals surface area contributed by atoms with E-state index in [0.717, 1.165) is 27.0 Å². The van der Waals surface area contributed by atoms with Crippen LogP contribution in [0.3, 0.4) is 0 Å². The van der Waals surface area contributed by atoms with Crippen LogP contribution in [0, 0.1) is 6.92 Å². The van der Waals surface area contributed by atoms with Crippen molar-refractivity contribution in [2.24, 2.45) is 0 Å². The number of rotatable bonds is 2. The Morgan fingerprint density at radius 1 is 1.00 bits per heavy atom. The summed E-state index contributed by atoms with van der Waals surface area (Å²) in [5.74, 6) is 0. The lowest BCUT2D eigenvalue weighted by atomic mass is 9.94. The third-order valence-corrected chi connectivity index (χ3v) is 4.17. The summed E-state index contributed by atoms with van der Waals surface area (Å²) < 4.78 is 1.08. The molecule has 2 heteroatoms. The summed E-state index contributed by atoms with van der Waals surface area (Å²) in [7, 11) is 0. The van der Waals surface area contributed by atoms with Crippen molar-refractivity contribution in [1.29, 1.82) is 0 Å². The summed E-state index contributed by atoms with van der Waals surface area (Å²) in [6.07, 6.45) is 0. The number of aromatic nitrogens is 1. The molecule has 3 rings (SSSR count). The Morgan fingerprint density at radius 2 is 1.62 bits per heavy atom. The standard InChI is InChI=1S/C19H16BrN/c1-12(2)19-18(14-8-10-15(20)11-9-14)17-7-5-4-6-16(17)13(3)21-19/h4-11H,1H2,2-3H3. The highest BCUT2D eigenvalue weighted by molar-refractivity contribution is 9.10. The number of fused-ring (bicyclic) bond motifs is 1. The van der Waals surface area contributed by atoms with Crippen LogP contribution >= 0.6 is 15.9 Å². The molecule has 0 aliphatic rings. The van der Waals surface area contributed by atoms with Crippen LogP contribution in [0.5, 0.6) is 0 Å². The van der Waals surface area contributed by atoms with Gasteiger partial charge in [-0.1, -0.05) is 58.9 Å². The average Bonchev–Trinajstić information content (AvgIpc) is 2.48.